The van der Waals surface area contributed by atoms with Crippen molar-refractivity contribution in [1.29, 1.82) is 0 Å². The van der Waals surface area contributed by atoms with Crippen molar-refractivity contribution in [2.45, 2.75) is 52.5 Å². The number of hydrogen-bond acceptors (Lipinski definition) is 4. The van der Waals surface area contributed by atoms with Crippen LogP contribution < -0.4 is 4.90 Å². The van der Waals surface area contributed by atoms with Crippen LogP contribution >= 0.6 is 0 Å². The van der Waals surface area contributed by atoms with Crippen molar-refractivity contribution in [2.24, 2.45) is 0 Å². The molecule has 2 fully saturated rings. The largest absolute Gasteiger partial charge is 0.368 e. The Hall–Kier alpha value is -2.83. The third-order valence-electron chi connectivity index (χ3n) is 7.44. The van der Waals surface area contributed by atoms with Gasteiger partial charge in [-0.15, -0.1) is 0 Å². The molecule has 2 aromatic rings. The number of carbonyl (C=O) groups excluding carboxylic acids is 2. The molecule has 32 heavy (non-hydrogen) atoms. The third kappa shape index (κ3) is 3.78. The number of carbonyl (C=O) groups is 2. The smallest absolute Gasteiger partial charge is 0.274 e. The maximum absolute atomic E-state index is 13.1. The van der Waals surface area contributed by atoms with E-state index in [0.29, 0.717) is 5.69 Å². The summed E-state index contributed by atoms with van der Waals surface area (Å²) in [4.78, 5) is 32.3. The van der Waals surface area contributed by atoms with Crippen LogP contribution in [0.1, 0.15) is 52.1 Å². The minimum atomic E-state index is 0.0500. The van der Waals surface area contributed by atoms with Crippen LogP contribution in [0.3, 0.4) is 0 Å². The predicted molar refractivity (Wildman–Crippen MR) is 124 cm³/mol. The Morgan fingerprint density at radius 3 is 2.41 bits per heavy atom. The fraction of sp³-hybridized carbons (Fsp3) is 0.560. The van der Waals surface area contributed by atoms with E-state index in [2.05, 4.69) is 42.0 Å². The summed E-state index contributed by atoms with van der Waals surface area (Å²) in [5, 5.41) is 4.66. The van der Waals surface area contributed by atoms with Crippen molar-refractivity contribution in [3.63, 3.8) is 0 Å². The number of likely N-dealkylation sites (tertiary alicyclic amines) is 1. The van der Waals surface area contributed by atoms with Crippen LogP contribution in [0.15, 0.2) is 18.2 Å². The van der Waals surface area contributed by atoms with Crippen molar-refractivity contribution in [1.82, 2.24) is 19.6 Å². The summed E-state index contributed by atoms with van der Waals surface area (Å²) in [6, 6.07) is 6.42. The molecule has 0 saturated carbocycles. The highest BCUT2D eigenvalue weighted by molar-refractivity contribution is 5.94. The molecule has 7 nitrogen and oxygen atoms in total. The van der Waals surface area contributed by atoms with Gasteiger partial charge in [-0.2, -0.15) is 5.10 Å². The lowest BCUT2D eigenvalue weighted by Gasteiger charge is -2.37. The Balaban J connectivity index is 1.25. The molecule has 2 aliphatic heterocycles. The number of aryl methyl sites for hydroxylation is 1. The van der Waals surface area contributed by atoms with Crippen LogP contribution in [0.4, 0.5) is 5.69 Å². The van der Waals surface area contributed by atoms with Crippen LogP contribution in [0.25, 0.3) is 0 Å². The highest BCUT2D eigenvalue weighted by Crippen LogP contribution is 2.28. The number of piperazine rings is 1. The summed E-state index contributed by atoms with van der Waals surface area (Å²) in [7, 11) is 0. The standard InChI is InChI=1S/C25H33N5O2/c1-18-7-5-9-21(19(18)2)27-13-15-28(16-14-27)23(31)17-30-22-10-6-8-20(22)24(26-30)25(32)29-11-3-4-12-29/h5,7,9H,3-4,6,8,10-17H2,1-2H3. The van der Waals surface area contributed by atoms with Gasteiger partial charge in [-0.3, -0.25) is 14.3 Å². The number of fused-ring (bicyclic) bond motifs is 1. The molecule has 0 unspecified atom stereocenters. The molecule has 5 rings (SSSR count). The van der Waals surface area contributed by atoms with Crippen molar-refractivity contribution in [3.05, 3.63) is 46.3 Å². The molecular weight excluding hydrogens is 402 g/mol. The van der Waals surface area contributed by atoms with Gasteiger partial charge >= 0.3 is 0 Å². The molecule has 2 saturated heterocycles. The third-order valence-corrected chi connectivity index (χ3v) is 7.44. The zero-order valence-electron chi connectivity index (χ0n) is 19.3. The molecular formula is C25H33N5O2. The molecule has 0 atom stereocenters. The van der Waals surface area contributed by atoms with Gasteiger partial charge in [-0.05, 0) is 63.1 Å². The molecule has 0 bridgehead atoms. The van der Waals surface area contributed by atoms with Gasteiger partial charge in [0.25, 0.3) is 5.91 Å². The van der Waals surface area contributed by atoms with E-state index in [-0.39, 0.29) is 18.4 Å². The Bertz CT molecular complexity index is 1030. The molecule has 3 heterocycles. The van der Waals surface area contributed by atoms with E-state index in [1.54, 1.807) is 0 Å². The second-order valence-corrected chi connectivity index (χ2v) is 9.37. The number of anilines is 1. The number of benzene rings is 1. The van der Waals surface area contributed by atoms with Gasteiger partial charge in [0.05, 0.1) is 0 Å². The van der Waals surface area contributed by atoms with E-state index in [4.69, 9.17) is 0 Å². The molecule has 0 spiro atoms. The van der Waals surface area contributed by atoms with E-state index in [9.17, 15) is 9.59 Å². The first-order chi connectivity index (χ1) is 15.5. The van der Waals surface area contributed by atoms with Crippen LogP contribution in [-0.4, -0.2) is 70.7 Å². The predicted octanol–water partition coefficient (Wildman–Crippen LogP) is 2.57. The molecule has 0 N–H and O–H groups in total. The molecule has 0 radical (unpaired) electrons. The van der Waals surface area contributed by atoms with Crippen LogP contribution in [0.5, 0.6) is 0 Å². The van der Waals surface area contributed by atoms with E-state index >= 15 is 0 Å². The summed E-state index contributed by atoms with van der Waals surface area (Å²) in [6.07, 6.45) is 4.98. The summed E-state index contributed by atoms with van der Waals surface area (Å²) in [5.41, 5.74) is 6.64. The Kier molecular flexibility index (Phi) is 5.66. The van der Waals surface area contributed by atoms with Gasteiger partial charge in [0, 0.05) is 56.2 Å². The highest BCUT2D eigenvalue weighted by atomic mass is 16.2. The molecule has 1 aliphatic carbocycles. The van der Waals surface area contributed by atoms with Gasteiger partial charge in [0.2, 0.25) is 5.91 Å². The number of hydrogen-bond donors (Lipinski definition) is 0. The normalized spacial score (nSPS) is 18.4. The number of amides is 2. The van der Waals surface area contributed by atoms with E-state index in [0.717, 1.165) is 82.6 Å². The maximum Gasteiger partial charge on any atom is 0.274 e. The average molecular weight is 436 g/mol. The van der Waals surface area contributed by atoms with E-state index < -0.39 is 0 Å². The van der Waals surface area contributed by atoms with Gasteiger partial charge in [0.15, 0.2) is 5.69 Å². The zero-order valence-corrected chi connectivity index (χ0v) is 19.3. The molecule has 1 aromatic carbocycles. The highest BCUT2D eigenvalue weighted by Gasteiger charge is 2.31. The number of rotatable bonds is 4. The van der Waals surface area contributed by atoms with E-state index in [1.165, 1.54) is 16.8 Å². The quantitative estimate of drug-likeness (QED) is 0.741. The molecule has 1 aromatic heterocycles. The topological polar surface area (TPSA) is 61.7 Å². The number of aromatic nitrogens is 2. The van der Waals surface area contributed by atoms with Crippen LogP contribution in [-0.2, 0) is 24.2 Å². The van der Waals surface area contributed by atoms with E-state index in [1.807, 2.05) is 14.5 Å². The average Bonchev–Trinajstić information content (AvgIpc) is 3.55. The van der Waals surface area contributed by atoms with Crippen molar-refractivity contribution >= 4 is 17.5 Å². The lowest BCUT2D eigenvalue weighted by atomic mass is 10.1. The lowest BCUT2D eigenvalue weighted by Crippen LogP contribution is -2.50. The van der Waals surface area contributed by atoms with Crippen LogP contribution in [0, 0.1) is 13.8 Å². The van der Waals surface area contributed by atoms with Crippen LogP contribution in [0.2, 0.25) is 0 Å². The van der Waals surface area contributed by atoms with Crippen molar-refractivity contribution in [2.75, 3.05) is 44.2 Å². The maximum atomic E-state index is 13.1. The summed E-state index contributed by atoms with van der Waals surface area (Å²) >= 11 is 0. The first-order valence-electron chi connectivity index (χ1n) is 12.0. The van der Waals surface area contributed by atoms with Gasteiger partial charge in [0.1, 0.15) is 6.54 Å². The SMILES string of the molecule is Cc1cccc(N2CCN(C(=O)Cn3nc(C(=O)N4CCCC4)c4c3CCC4)CC2)c1C. The van der Waals surface area contributed by atoms with Gasteiger partial charge < -0.3 is 14.7 Å². The van der Waals surface area contributed by atoms with Gasteiger partial charge in [-0.25, -0.2) is 0 Å². The molecule has 7 heteroatoms. The molecule has 3 aliphatic rings. The minimum absolute atomic E-state index is 0.0500. The number of nitrogens with zero attached hydrogens (tertiary/aromatic N) is 5. The second-order valence-electron chi connectivity index (χ2n) is 9.37. The monoisotopic (exact) mass is 435 g/mol. The lowest BCUT2D eigenvalue weighted by molar-refractivity contribution is -0.132. The fourth-order valence-electron chi connectivity index (χ4n) is 5.38. The minimum Gasteiger partial charge on any atom is -0.368 e. The second kappa shape index (κ2) is 8.60. The summed E-state index contributed by atoms with van der Waals surface area (Å²) in [6.45, 7) is 9.31. The zero-order chi connectivity index (χ0) is 22.2. The van der Waals surface area contributed by atoms with Crippen molar-refractivity contribution < 1.29 is 9.59 Å². The fourth-order valence-corrected chi connectivity index (χ4v) is 5.38. The first-order valence-corrected chi connectivity index (χ1v) is 12.0. The first kappa shape index (κ1) is 21.0. The molecule has 2 amide bonds. The Labute approximate surface area is 190 Å². The van der Waals surface area contributed by atoms with Crippen molar-refractivity contribution in [3.8, 4) is 0 Å². The van der Waals surface area contributed by atoms with Gasteiger partial charge in [-0.1, -0.05) is 12.1 Å². The summed E-state index contributed by atoms with van der Waals surface area (Å²) < 4.78 is 1.82. The molecule has 170 valence electrons. The Morgan fingerprint density at radius 2 is 1.66 bits per heavy atom. The Morgan fingerprint density at radius 1 is 0.906 bits per heavy atom. The summed E-state index contributed by atoms with van der Waals surface area (Å²) in [5.74, 6) is 0.150.